The minimum absolute atomic E-state index is 0.0911. The predicted molar refractivity (Wildman–Crippen MR) is 71.8 cm³/mol. The van der Waals surface area contributed by atoms with Crippen LogP contribution in [0.25, 0.3) is 0 Å². The van der Waals surface area contributed by atoms with Crippen LogP contribution in [-0.2, 0) is 22.4 Å². The number of benzene rings is 1. The Balaban J connectivity index is 2.20. The van der Waals surface area contributed by atoms with Gasteiger partial charge in [0.25, 0.3) is 0 Å². The molecule has 1 aromatic carbocycles. The maximum atomic E-state index is 10.5. The second kappa shape index (κ2) is 8.70. The van der Waals surface area contributed by atoms with Crippen molar-refractivity contribution in [1.82, 2.24) is 0 Å². The van der Waals surface area contributed by atoms with Crippen molar-refractivity contribution in [2.45, 2.75) is 39.0 Å². The van der Waals surface area contributed by atoms with Gasteiger partial charge in [-0.1, -0.05) is 44.0 Å². The maximum absolute atomic E-state index is 10.5. The lowest BCUT2D eigenvalue weighted by molar-refractivity contribution is -0.136. The van der Waals surface area contributed by atoms with Crippen LogP contribution in [0.4, 0.5) is 0 Å². The highest BCUT2D eigenvalue weighted by molar-refractivity contribution is 5.70. The third-order valence-corrected chi connectivity index (χ3v) is 2.81. The standard InChI is InChI=1S/C15H22O3/c1-2-3-4-10-18-11-9-13-5-7-14(8-6-13)12-15(16)17/h5-8H,2-4,9-12H2,1H3,(H,16,17). The van der Waals surface area contributed by atoms with E-state index in [0.29, 0.717) is 0 Å². The fraction of sp³-hybridized carbons (Fsp3) is 0.533. The Bertz CT molecular complexity index is 343. The van der Waals surface area contributed by atoms with Gasteiger partial charge in [-0.05, 0) is 24.0 Å². The molecule has 3 nitrogen and oxygen atoms in total. The lowest BCUT2D eigenvalue weighted by Crippen LogP contribution is -2.02. The zero-order valence-electron chi connectivity index (χ0n) is 11.0. The number of aliphatic carboxylic acids is 1. The third-order valence-electron chi connectivity index (χ3n) is 2.81. The summed E-state index contributed by atoms with van der Waals surface area (Å²) in [6, 6.07) is 7.71. The van der Waals surface area contributed by atoms with Crippen molar-refractivity contribution >= 4 is 5.97 Å². The van der Waals surface area contributed by atoms with Crippen LogP contribution in [0.1, 0.15) is 37.3 Å². The Morgan fingerprint density at radius 2 is 1.78 bits per heavy atom. The summed E-state index contributed by atoms with van der Waals surface area (Å²) in [7, 11) is 0. The van der Waals surface area contributed by atoms with Crippen molar-refractivity contribution in [3.63, 3.8) is 0 Å². The van der Waals surface area contributed by atoms with Gasteiger partial charge in [-0.3, -0.25) is 4.79 Å². The highest BCUT2D eigenvalue weighted by Gasteiger charge is 2.00. The van der Waals surface area contributed by atoms with Gasteiger partial charge < -0.3 is 9.84 Å². The molecule has 0 saturated carbocycles. The largest absolute Gasteiger partial charge is 0.481 e. The molecule has 1 N–H and O–H groups in total. The van der Waals surface area contributed by atoms with E-state index in [1.807, 2.05) is 24.3 Å². The molecule has 18 heavy (non-hydrogen) atoms. The number of unbranched alkanes of at least 4 members (excludes halogenated alkanes) is 2. The molecule has 0 atom stereocenters. The van der Waals surface area contributed by atoms with Gasteiger partial charge in [0.05, 0.1) is 13.0 Å². The number of ether oxygens (including phenoxy) is 1. The van der Waals surface area contributed by atoms with Crippen molar-refractivity contribution in [1.29, 1.82) is 0 Å². The van der Waals surface area contributed by atoms with Crippen molar-refractivity contribution < 1.29 is 14.6 Å². The number of hydrogen-bond donors (Lipinski definition) is 1. The molecule has 3 heteroatoms. The molecule has 100 valence electrons. The molecule has 0 unspecified atom stereocenters. The van der Waals surface area contributed by atoms with Crippen LogP contribution in [-0.4, -0.2) is 24.3 Å². The van der Waals surface area contributed by atoms with Gasteiger partial charge in [-0.25, -0.2) is 0 Å². The SMILES string of the molecule is CCCCCOCCc1ccc(CC(=O)O)cc1. The number of hydrogen-bond acceptors (Lipinski definition) is 2. The average molecular weight is 250 g/mol. The molecule has 0 heterocycles. The van der Waals surface area contributed by atoms with E-state index >= 15 is 0 Å². The van der Waals surface area contributed by atoms with Gasteiger partial charge in [0, 0.05) is 6.61 Å². The molecular weight excluding hydrogens is 228 g/mol. The molecular formula is C15H22O3. The first-order valence-electron chi connectivity index (χ1n) is 6.59. The molecule has 0 fully saturated rings. The summed E-state index contributed by atoms with van der Waals surface area (Å²) in [6.45, 7) is 3.76. The monoisotopic (exact) mass is 250 g/mol. The molecule has 0 amide bonds. The molecule has 0 aliphatic rings. The summed E-state index contributed by atoms with van der Waals surface area (Å²) >= 11 is 0. The van der Waals surface area contributed by atoms with Crippen LogP contribution in [0, 0.1) is 0 Å². The fourth-order valence-electron chi connectivity index (χ4n) is 1.74. The molecule has 0 aliphatic heterocycles. The molecule has 0 bridgehead atoms. The topological polar surface area (TPSA) is 46.5 Å². The number of rotatable bonds is 9. The lowest BCUT2D eigenvalue weighted by Gasteiger charge is -2.05. The number of carboxylic acids is 1. The number of carbonyl (C=O) groups is 1. The normalized spacial score (nSPS) is 10.5. The van der Waals surface area contributed by atoms with Gasteiger partial charge in [-0.2, -0.15) is 0 Å². The molecule has 0 aliphatic carbocycles. The quantitative estimate of drug-likeness (QED) is 0.685. The molecule has 0 saturated heterocycles. The van der Waals surface area contributed by atoms with Crippen LogP contribution in [0.2, 0.25) is 0 Å². The molecule has 1 aromatic rings. The van der Waals surface area contributed by atoms with E-state index in [-0.39, 0.29) is 6.42 Å². The van der Waals surface area contributed by atoms with Crippen molar-refractivity contribution in [3.8, 4) is 0 Å². The summed E-state index contributed by atoms with van der Waals surface area (Å²) in [5.74, 6) is -0.790. The van der Waals surface area contributed by atoms with E-state index < -0.39 is 5.97 Å². The van der Waals surface area contributed by atoms with Gasteiger partial charge in [-0.15, -0.1) is 0 Å². The Hall–Kier alpha value is -1.35. The summed E-state index contributed by atoms with van der Waals surface area (Å²) < 4.78 is 5.54. The fourth-order valence-corrected chi connectivity index (χ4v) is 1.74. The Kier molecular flexibility index (Phi) is 7.11. The van der Waals surface area contributed by atoms with Gasteiger partial charge in [0.1, 0.15) is 0 Å². The average Bonchev–Trinajstić information content (AvgIpc) is 2.35. The van der Waals surface area contributed by atoms with Crippen molar-refractivity contribution in [3.05, 3.63) is 35.4 Å². The van der Waals surface area contributed by atoms with E-state index in [1.165, 1.54) is 18.4 Å². The highest BCUT2D eigenvalue weighted by atomic mass is 16.5. The summed E-state index contributed by atoms with van der Waals surface area (Å²) in [5.41, 5.74) is 2.04. The minimum atomic E-state index is -0.790. The summed E-state index contributed by atoms with van der Waals surface area (Å²) in [6.07, 6.45) is 4.56. The number of carboxylic acid groups (broad SMARTS) is 1. The maximum Gasteiger partial charge on any atom is 0.307 e. The van der Waals surface area contributed by atoms with E-state index in [9.17, 15) is 4.79 Å². The Morgan fingerprint density at radius 3 is 2.39 bits per heavy atom. The van der Waals surface area contributed by atoms with Crippen LogP contribution in [0.5, 0.6) is 0 Å². The minimum Gasteiger partial charge on any atom is -0.481 e. The second-order valence-electron chi connectivity index (χ2n) is 4.46. The predicted octanol–water partition coefficient (Wildman–Crippen LogP) is 3.06. The van der Waals surface area contributed by atoms with Crippen LogP contribution in [0.3, 0.4) is 0 Å². The molecule has 0 radical (unpaired) electrons. The van der Waals surface area contributed by atoms with E-state index in [1.54, 1.807) is 0 Å². The van der Waals surface area contributed by atoms with Crippen LogP contribution < -0.4 is 0 Å². The van der Waals surface area contributed by atoms with Crippen LogP contribution >= 0.6 is 0 Å². The lowest BCUT2D eigenvalue weighted by atomic mass is 10.1. The zero-order chi connectivity index (χ0) is 13.2. The van der Waals surface area contributed by atoms with Crippen LogP contribution in [0.15, 0.2) is 24.3 Å². The van der Waals surface area contributed by atoms with Crippen molar-refractivity contribution in [2.24, 2.45) is 0 Å². The third kappa shape index (κ3) is 6.40. The second-order valence-corrected chi connectivity index (χ2v) is 4.46. The van der Waals surface area contributed by atoms with E-state index in [4.69, 9.17) is 9.84 Å². The van der Waals surface area contributed by atoms with Crippen molar-refractivity contribution in [2.75, 3.05) is 13.2 Å². The zero-order valence-corrected chi connectivity index (χ0v) is 11.0. The van der Waals surface area contributed by atoms with E-state index in [2.05, 4.69) is 6.92 Å². The van der Waals surface area contributed by atoms with Gasteiger partial charge >= 0.3 is 5.97 Å². The smallest absolute Gasteiger partial charge is 0.307 e. The summed E-state index contributed by atoms with van der Waals surface area (Å²) in [4.78, 5) is 10.5. The van der Waals surface area contributed by atoms with Gasteiger partial charge in [0.2, 0.25) is 0 Å². The van der Waals surface area contributed by atoms with Gasteiger partial charge in [0.15, 0.2) is 0 Å². The Labute approximate surface area is 109 Å². The summed E-state index contributed by atoms with van der Waals surface area (Å²) in [5, 5.41) is 8.66. The highest BCUT2D eigenvalue weighted by Crippen LogP contribution is 2.06. The first kappa shape index (κ1) is 14.7. The molecule has 0 spiro atoms. The first-order chi connectivity index (χ1) is 8.72. The first-order valence-corrected chi connectivity index (χ1v) is 6.59. The molecule has 0 aromatic heterocycles. The molecule has 1 rings (SSSR count). The Morgan fingerprint density at radius 1 is 1.11 bits per heavy atom. The van der Waals surface area contributed by atoms with E-state index in [0.717, 1.165) is 31.6 Å².